The van der Waals surface area contributed by atoms with E-state index in [2.05, 4.69) is 32.9 Å². The molecule has 0 aromatic carbocycles. The fraction of sp³-hybridized carbons (Fsp3) is 0.930. The van der Waals surface area contributed by atoms with Gasteiger partial charge in [-0.3, -0.25) is 9.59 Å². The predicted octanol–water partition coefficient (Wildman–Crippen LogP) is 19.0. The zero-order valence-corrected chi connectivity index (χ0v) is 42.4. The molecule has 0 N–H and O–H groups in total. The summed E-state index contributed by atoms with van der Waals surface area (Å²) in [5.74, 6) is -0.374. The molecule has 62 heavy (non-hydrogen) atoms. The molecule has 0 saturated heterocycles. The Labute approximate surface area is 388 Å². The Balaban J connectivity index is 4.19. The van der Waals surface area contributed by atoms with Crippen molar-refractivity contribution in [2.75, 3.05) is 19.8 Å². The number of allylic oxidation sites excluding steroid dienone is 2. The Morgan fingerprint density at radius 2 is 0.629 bits per heavy atom. The first-order chi connectivity index (χ1) is 30.6. The average molecular weight is 876 g/mol. The van der Waals surface area contributed by atoms with Gasteiger partial charge in [-0.2, -0.15) is 0 Å². The molecule has 0 aromatic heterocycles. The number of ether oxygens (including phenoxy) is 3. The van der Waals surface area contributed by atoms with Crippen molar-refractivity contribution in [2.45, 2.75) is 322 Å². The van der Waals surface area contributed by atoms with Crippen LogP contribution in [0.1, 0.15) is 316 Å². The number of unbranched alkanes of at least 4 members (excludes halogenated alkanes) is 40. The van der Waals surface area contributed by atoms with Crippen LogP contribution in [0.4, 0.5) is 0 Å². The fourth-order valence-corrected chi connectivity index (χ4v) is 8.57. The largest absolute Gasteiger partial charge is 0.462 e. The predicted molar refractivity (Wildman–Crippen MR) is 270 cm³/mol. The van der Waals surface area contributed by atoms with Crippen LogP contribution in [-0.4, -0.2) is 37.9 Å². The maximum Gasteiger partial charge on any atom is 0.306 e. The first-order valence-electron chi connectivity index (χ1n) is 28.2. The summed E-state index contributed by atoms with van der Waals surface area (Å²) in [6, 6.07) is 0. The standard InChI is InChI=1S/C57H110O5/c1-4-7-10-13-16-19-22-25-27-28-29-31-34-37-40-43-46-49-52-60-53-55(62-57(59)51-48-45-42-39-36-32-24-21-18-15-12-9-6-3)54-61-56(58)50-47-44-41-38-35-33-30-26-23-20-17-14-11-8-5-2/h25,27,55H,4-24,26,28-54H2,1-3H3/b27-25-. The molecule has 0 fully saturated rings. The Hall–Kier alpha value is -1.36. The highest BCUT2D eigenvalue weighted by Gasteiger charge is 2.17. The normalized spacial score (nSPS) is 12.1. The van der Waals surface area contributed by atoms with Crippen LogP contribution >= 0.6 is 0 Å². The Bertz CT molecular complexity index is 902. The molecule has 0 aliphatic carbocycles. The average Bonchev–Trinajstić information content (AvgIpc) is 3.27. The monoisotopic (exact) mass is 875 g/mol. The highest BCUT2D eigenvalue weighted by atomic mass is 16.6. The van der Waals surface area contributed by atoms with E-state index < -0.39 is 6.10 Å². The van der Waals surface area contributed by atoms with Crippen LogP contribution in [0.5, 0.6) is 0 Å². The third-order valence-corrected chi connectivity index (χ3v) is 12.8. The van der Waals surface area contributed by atoms with E-state index in [9.17, 15) is 9.59 Å². The maximum atomic E-state index is 12.8. The van der Waals surface area contributed by atoms with Crippen molar-refractivity contribution < 1.29 is 23.8 Å². The highest BCUT2D eigenvalue weighted by Crippen LogP contribution is 2.17. The molecule has 5 nitrogen and oxygen atoms in total. The summed E-state index contributed by atoms with van der Waals surface area (Å²) >= 11 is 0. The van der Waals surface area contributed by atoms with Crippen LogP contribution < -0.4 is 0 Å². The van der Waals surface area contributed by atoms with Crippen molar-refractivity contribution in [3.05, 3.63) is 12.2 Å². The summed E-state index contributed by atoms with van der Waals surface area (Å²) in [6.45, 7) is 7.89. The second-order valence-corrected chi connectivity index (χ2v) is 19.2. The lowest BCUT2D eigenvalue weighted by Crippen LogP contribution is -2.30. The van der Waals surface area contributed by atoms with Gasteiger partial charge in [0.25, 0.3) is 0 Å². The molecule has 368 valence electrons. The van der Waals surface area contributed by atoms with Crippen molar-refractivity contribution in [1.29, 1.82) is 0 Å². The van der Waals surface area contributed by atoms with Gasteiger partial charge in [0.2, 0.25) is 0 Å². The number of hydrogen-bond donors (Lipinski definition) is 0. The van der Waals surface area contributed by atoms with Gasteiger partial charge in [-0.15, -0.1) is 0 Å². The lowest BCUT2D eigenvalue weighted by molar-refractivity contribution is -0.163. The summed E-state index contributed by atoms with van der Waals surface area (Å²) in [5.41, 5.74) is 0. The molecule has 5 heteroatoms. The molecule has 0 spiro atoms. The molecule has 0 saturated carbocycles. The van der Waals surface area contributed by atoms with E-state index in [4.69, 9.17) is 14.2 Å². The van der Waals surface area contributed by atoms with Crippen molar-refractivity contribution in [2.24, 2.45) is 0 Å². The molecule has 0 amide bonds. The number of esters is 2. The van der Waals surface area contributed by atoms with Gasteiger partial charge in [0.1, 0.15) is 6.61 Å². The van der Waals surface area contributed by atoms with E-state index in [1.54, 1.807) is 0 Å². The minimum Gasteiger partial charge on any atom is -0.462 e. The van der Waals surface area contributed by atoms with E-state index in [0.717, 1.165) is 32.1 Å². The molecule has 0 rings (SSSR count). The first kappa shape index (κ1) is 60.6. The highest BCUT2D eigenvalue weighted by molar-refractivity contribution is 5.70. The molecule has 0 heterocycles. The fourth-order valence-electron chi connectivity index (χ4n) is 8.57. The Kier molecular flexibility index (Phi) is 52.8. The molecule has 0 aliphatic rings. The minimum atomic E-state index is -0.528. The third kappa shape index (κ3) is 51.3. The Morgan fingerprint density at radius 3 is 0.984 bits per heavy atom. The Morgan fingerprint density at radius 1 is 0.339 bits per heavy atom. The maximum absolute atomic E-state index is 12.8. The van der Waals surface area contributed by atoms with Gasteiger partial charge in [0.15, 0.2) is 6.10 Å². The van der Waals surface area contributed by atoms with Gasteiger partial charge in [-0.1, -0.05) is 270 Å². The number of hydrogen-bond acceptors (Lipinski definition) is 5. The topological polar surface area (TPSA) is 61.8 Å². The number of carbonyl (C=O) groups is 2. The zero-order chi connectivity index (χ0) is 44.9. The molecule has 0 aliphatic heterocycles. The summed E-state index contributed by atoms with van der Waals surface area (Å²) in [6.07, 6.45) is 62.2. The molecular formula is C57H110O5. The summed E-state index contributed by atoms with van der Waals surface area (Å²) in [7, 11) is 0. The summed E-state index contributed by atoms with van der Waals surface area (Å²) < 4.78 is 17.5. The zero-order valence-electron chi connectivity index (χ0n) is 42.4. The van der Waals surface area contributed by atoms with E-state index in [1.165, 1.54) is 250 Å². The molecule has 0 radical (unpaired) electrons. The van der Waals surface area contributed by atoms with Crippen LogP contribution in [0, 0.1) is 0 Å². The molecule has 0 bridgehead atoms. The summed E-state index contributed by atoms with van der Waals surface area (Å²) in [5, 5.41) is 0. The van der Waals surface area contributed by atoms with Crippen molar-refractivity contribution >= 4 is 11.9 Å². The molecule has 1 unspecified atom stereocenters. The lowest BCUT2D eigenvalue weighted by atomic mass is 10.0. The second kappa shape index (κ2) is 54.0. The van der Waals surface area contributed by atoms with Crippen LogP contribution in [0.3, 0.4) is 0 Å². The quantitative estimate of drug-likeness (QED) is 0.0346. The van der Waals surface area contributed by atoms with Crippen LogP contribution in [0.15, 0.2) is 12.2 Å². The van der Waals surface area contributed by atoms with Crippen LogP contribution in [-0.2, 0) is 23.8 Å². The molecular weight excluding hydrogens is 765 g/mol. The van der Waals surface area contributed by atoms with E-state index in [0.29, 0.717) is 26.1 Å². The van der Waals surface area contributed by atoms with Crippen molar-refractivity contribution in [3.63, 3.8) is 0 Å². The van der Waals surface area contributed by atoms with Gasteiger partial charge < -0.3 is 14.2 Å². The van der Waals surface area contributed by atoms with Crippen molar-refractivity contribution in [1.82, 2.24) is 0 Å². The number of carbonyl (C=O) groups excluding carboxylic acids is 2. The van der Waals surface area contributed by atoms with Gasteiger partial charge in [-0.25, -0.2) is 0 Å². The van der Waals surface area contributed by atoms with Gasteiger partial charge in [-0.05, 0) is 44.9 Å². The first-order valence-corrected chi connectivity index (χ1v) is 28.2. The van der Waals surface area contributed by atoms with E-state index in [1.807, 2.05) is 0 Å². The smallest absolute Gasteiger partial charge is 0.306 e. The third-order valence-electron chi connectivity index (χ3n) is 12.8. The number of rotatable bonds is 53. The minimum absolute atomic E-state index is 0.0941. The molecule has 0 aromatic rings. The lowest BCUT2D eigenvalue weighted by Gasteiger charge is -2.18. The second-order valence-electron chi connectivity index (χ2n) is 19.2. The van der Waals surface area contributed by atoms with Crippen molar-refractivity contribution in [3.8, 4) is 0 Å². The van der Waals surface area contributed by atoms with E-state index in [-0.39, 0.29) is 18.5 Å². The van der Waals surface area contributed by atoms with E-state index >= 15 is 0 Å². The van der Waals surface area contributed by atoms with Crippen LogP contribution in [0.25, 0.3) is 0 Å². The summed E-state index contributed by atoms with van der Waals surface area (Å²) in [4.78, 5) is 25.4. The van der Waals surface area contributed by atoms with Crippen LogP contribution in [0.2, 0.25) is 0 Å². The van der Waals surface area contributed by atoms with Gasteiger partial charge in [0.05, 0.1) is 6.61 Å². The van der Waals surface area contributed by atoms with Gasteiger partial charge >= 0.3 is 11.9 Å². The SMILES string of the molecule is CCCCCCCC/C=C\CCCCCCCCCCOCC(COC(=O)CCCCCCCCCCCCCCCCC)OC(=O)CCCCCCCCCCCCCCC. The van der Waals surface area contributed by atoms with Gasteiger partial charge in [0, 0.05) is 19.4 Å². The molecule has 1 atom stereocenters.